The number of fused-ring (bicyclic) bond motifs is 1. The molecule has 1 aromatic rings. The Balaban J connectivity index is 2.35. The van der Waals surface area contributed by atoms with E-state index in [0.29, 0.717) is 10.0 Å². The lowest BCUT2D eigenvalue weighted by molar-refractivity contribution is 0.612. The van der Waals surface area contributed by atoms with E-state index in [1.807, 2.05) is 13.0 Å². The quantitative estimate of drug-likeness (QED) is 0.779. The molecule has 14 heavy (non-hydrogen) atoms. The number of hydrogen-bond donors (Lipinski definition) is 2. The second-order valence-corrected chi connectivity index (χ2v) is 4.58. The van der Waals surface area contributed by atoms with Crippen LogP contribution in [0.4, 0.5) is 5.69 Å². The van der Waals surface area contributed by atoms with Gasteiger partial charge in [-0.3, -0.25) is 0 Å². The van der Waals surface area contributed by atoms with Gasteiger partial charge in [-0.05, 0) is 31.0 Å². The number of anilines is 1. The zero-order chi connectivity index (χ0) is 10.3. The first kappa shape index (κ1) is 10.1. The molecule has 2 unspecified atom stereocenters. The second-order valence-electron chi connectivity index (χ2n) is 3.74. The van der Waals surface area contributed by atoms with Crippen LogP contribution in [0, 0.1) is 0 Å². The van der Waals surface area contributed by atoms with Gasteiger partial charge in [-0.15, -0.1) is 0 Å². The standard InChI is InChI=1S/C10H12Cl2N2/c1-5(13)9-3-6-2-7(11)4-8(12)10(6)14-9/h2,4-5,9,14H,3,13H2,1H3. The third kappa shape index (κ3) is 1.70. The Morgan fingerprint density at radius 3 is 2.86 bits per heavy atom. The van der Waals surface area contributed by atoms with Crippen molar-refractivity contribution in [3.8, 4) is 0 Å². The fourth-order valence-corrected chi connectivity index (χ4v) is 2.33. The van der Waals surface area contributed by atoms with Crippen molar-refractivity contribution in [1.82, 2.24) is 0 Å². The number of nitrogens with two attached hydrogens (primary N) is 1. The molecule has 76 valence electrons. The Labute approximate surface area is 93.4 Å². The number of hydrogen-bond acceptors (Lipinski definition) is 2. The van der Waals surface area contributed by atoms with Gasteiger partial charge in [0.1, 0.15) is 0 Å². The SMILES string of the molecule is CC(N)C1Cc2cc(Cl)cc(Cl)c2N1. The lowest BCUT2D eigenvalue weighted by atomic mass is 10.1. The highest BCUT2D eigenvalue weighted by Crippen LogP contribution is 2.36. The van der Waals surface area contributed by atoms with Gasteiger partial charge >= 0.3 is 0 Å². The molecule has 0 bridgehead atoms. The average molecular weight is 231 g/mol. The number of nitrogens with one attached hydrogen (secondary N) is 1. The van der Waals surface area contributed by atoms with Crippen molar-refractivity contribution < 1.29 is 0 Å². The molecule has 1 aromatic carbocycles. The maximum absolute atomic E-state index is 6.06. The molecular weight excluding hydrogens is 219 g/mol. The summed E-state index contributed by atoms with van der Waals surface area (Å²) in [5.41, 5.74) is 7.97. The van der Waals surface area contributed by atoms with Crippen molar-refractivity contribution in [3.05, 3.63) is 27.7 Å². The Bertz CT molecular complexity index is 363. The van der Waals surface area contributed by atoms with E-state index in [0.717, 1.165) is 17.7 Å². The predicted octanol–water partition coefficient (Wildman–Crippen LogP) is 2.68. The fraction of sp³-hybridized carbons (Fsp3) is 0.400. The zero-order valence-electron chi connectivity index (χ0n) is 7.85. The third-order valence-electron chi connectivity index (χ3n) is 2.54. The summed E-state index contributed by atoms with van der Waals surface area (Å²) >= 11 is 12.0. The van der Waals surface area contributed by atoms with Crippen LogP contribution in [0.2, 0.25) is 10.0 Å². The van der Waals surface area contributed by atoms with Gasteiger partial charge in [0, 0.05) is 17.1 Å². The van der Waals surface area contributed by atoms with Crippen LogP contribution in [-0.2, 0) is 6.42 Å². The largest absolute Gasteiger partial charge is 0.379 e. The topological polar surface area (TPSA) is 38.0 Å². The van der Waals surface area contributed by atoms with Crippen LogP contribution >= 0.6 is 23.2 Å². The van der Waals surface area contributed by atoms with Crippen molar-refractivity contribution in [2.24, 2.45) is 5.73 Å². The Kier molecular flexibility index (Phi) is 2.60. The summed E-state index contributed by atoms with van der Waals surface area (Å²) in [6, 6.07) is 4.06. The van der Waals surface area contributed by atoms with Crippen molar-refractivity contribution in [2.45, 2.75) is 25.4 Å². The summed E-state index contributed by atoms with van der Waals surface area (Å²) in [5.74, 6) is 0. The monoisotopic (exact) mass is 230 g/mol. The van der Waals surface area contributed by atoms with Crippen LogP contribution in [0.1, 0.15) is 12.5 Å². The maximum Gasteiger partial charge on any atom is 0.0655 e. The number of benzene rings is 1. The molecule has 1 aliphatic rings. The first-order valence-corrected chi connectivity index (χ1v) is 5.33. The summed E-state index contributed by atoms with van der Waals surface area (Å²) in [4.78, 5) is 0. The minimum atomic E-state index is 0.109. The summed E-state index contributed by atoms with van der Waals surface area (Å²) < 4.78 is 0. The van der Waals surface area contributed by atoms with Gasteiger partial charge < -0.3 is 11.1 Å². The first-order valence-electron chi connectivity index (χ1n) is 4.58. The second kappa shape index (κ2) is 3.61. The molecule has 0 saturated carbocycles. The predicted molar refractivity (Wildman–Crippen MR) is 61.2 cm³/mol. The molecule has 0 radical (unpaired) electrons. The molecule has 4 heteroatoms. The zero-order valence-corrected chi connectivity index (χ0v) is 9.36. The van der Waals surface area contributed by atoms with E-state index in [-0.39, 0.29) is 12.1 Å². The van der Waals surface area contributed by atoms with Gasteiger partial charge in [-0.25, -0.2) is 0 Å². The van der Waals surface area contributed by atoms with Gasteiger partial charge in [-0.1, -0.05) is 23.2 Å². The lowest BCUT2D eigenvalue weighted by Gasteiger charge is -2.15. The molecule has 0 spiro atoms. The molecule has 0 amide bonds. The minimum absolute atomic E-state index is 0.109. The van der Waals surface area contributed by atoms with E-state index in [1.54, 1.807) is 6.07 Å². The van der Waals surface area contributed by atoms with Crippen LogP contribution in [-0.4, -0.2) is 12.1 Å². The van der Waals surface area contributed by atoms with Crippen LogP contribution < -0.4 is 11.1 Å². The van der Waals surface area contributed by atoms with Gasteiger partial charge in [0.15, 0.2) is 0 Å². The summed E-state index contributed by atoms with van der Waals surface area (Å²) in [6.07, 6.45) is 0.896. The average Bonchev–Trinajstić information content (AvgIpc) is 2.47. The molecule has 0 fully saturated rings. The summed E-state index contributed by atoms with van der Waals surface area (Å²) in [6.45, 7) is 1.99. The van der Waals surface area contributed by atoms with E-state index in [9.17, 15) is 0 Å². The van der Waals surface area contributed by atoms with Crippen molar-refractivity contribution >= 4 is 28.9 Å². The first-order chi connectivity index (χ1) is 6.58. The third-order valence-corrected chi connectivity index (χ3v) is 3.06. The van der Waals surface area contributed by atoms with E-state index in [1.165, 1.54) is 0 Å². The molecule has 2 nitrogen and oxygen atoms in total. The van der Waals surface area contributed by atoms with Gasteiger partial charge in [0.2, 0.25) is 0 Å². The normalized spacial score (nSPS) is 21.6. The van der Waals surface area contributed by atoms with Gasteiger partial charge in [0.25, 0.3) is 0 Å². The van der Waals surface area contributed by atoms with Gasteiger partial charge in [0.05, 0.1) is 10.7 Å². The molecule has 3 N–H and O–H groups in total. The fourth-order valence-electron chi connectivity index (χ4n) is 1.74. The van der Waals surface area contributed by atoms with E-state index in [2.05, 4.69) is 5.32 Å². The minimum Gasteiger partial charge on any atom is -0.379 e. The Morgan fingerprint density at radius 1 is 1.50 bits per heavy atom. The Morgan fingerprint density at radius 2 is 2.21 bits per heavy atom. The molecule has 2 atom stereocenters. The highest BCUT2D eigenvalue weighted by atomic mass is 35.5. The van der Waals surface area contributed by atoms with Crippen LogP contribution in [0.3, 0.4) is 0 Å². The van der Waals surface area contributed by atoms with Crippen LogP contribution in [0.15, 0.2) is 12.1 Å². The smallest absolute Gasteiger partial charge is 0.0655 e. The lowest BCUT2D eigenvalue weighted by Crippen LogP contribution is -2.36. The van der Waals surface area contributed by atoms with Crippen LogP contribution in [0.5, 0.6) is 0 Å². The molecule has 0 aromatic heterocycles. The van der Waals surface area contributed by atoms with Crippen molar-refractivity contribution in [2.75, 3.05) is 5.32 Å². The van der Waals surface area contributed by atoms with Crippen molar-refractivity contribution in [3.63, 3.8) is 0 Å². The molecule has 0 saturated heterocycles. The highest BCUT2D eigenvalue weighted by molar-refractivity contribution is 6.36. The molecule has 1 heterocycles. The number of halogens is 2. The number of rotatable bonds is 1. The van der Waals surface area contributed by atoms with Gasteiger partial charge in [-0.2, -0.15) is 0 Å². The summed E-state index contributed by atoms with van der Waals surface area (Å²) in [7, 11) is 0. The Hall–Kier alpha value is -0.440. The maximum atomic E-state index is 6.06. The van der Waals surface area contributed by atoms with E-state index >= 15 is 0 Å². The molecular formula is C10H12Cl2N2. The van der Waals surface area contributed by atoms with Crippen molar-refractivity contribution in [1.29, 1.82) is 0 Å². The van der Waals surface area contributed by atoms with Crippen LogP contribution in [0.25, 0.3) is 0 Å². The molecule has 2 rings (SSSR count). The highest BCUT2D eigenvalue weighted by Gasteiger charge is 2.25. The molecule has 1 aliphatic heterocycles. The molecule has 0 aliphatic carbocycles. The summed E-state index contributed by atoms with van der Waals surface area (Å²) in [5, 5.41) is 4.67. The van der Waals surface area contributed by atoms with E-state index in [4.69, 9.17) is 28.9 Å². The van der Waals surface area contributed by atoms with E-state index < -0.39 is 0 Å².